The number of halogens is 2. The third-order valence-electron chi connectivity index (χ3n) is 6.90. The van der Waals surface area contributed by atoms with Crippen LogP contribution in [-0.2, 0) is 32.0 Å². The Bertz CT molecular complexity index is 1200. The Hall–Kier alpha value is -3.09. The van der Waals surface area contributed by atoms with Crippen LogP contribution in [-0.4, -0.2) is 66.4 Å². The van der Waals surface area contributed by atoms with Gasteiger partial charge >= 0.3 is 11.8 Å². The van der Waals surface area contributed by atoms with Crippen molar-refractivity contribution in [3.8, 4) is 0 Å². The van der Waals surface area contributed by atoms with Gasteiger partial charge in [0.05, 0.1) is 10.7 Å². The van der Waals surface area contributed by atoms with E-state index in [2.05, 4.69) is 28.3 Å². The predicted molar refractivity (Wildman–Crippen MR) is 162 cm³/mol. The Kier molecular flexibility index (Phi) is 14.9. The first-order chi connectivity index (χ1) is 20.1. The number of benzene rings is 1. The number of rotatable bonds is 6. The third-order valence-corrected chi connectivity index (χ3v) is 8.36. The van der Waals surface area contributed by atoms with Crippen molar-refractivity contribution in [1.82, 2.24) is 15.2 Å². The Morgan fingerprint density at radius 3 is 2.55 bits per heavy atom. The number of hydrogen-bond donors (Lipinski definition) is 3. The SMILES string of the molecule is CC.CCC1CCc2nc(C(=O)NC3CCCN(C(=O)COC)C3)sc2CC1.NC(=O)C(=O)Nc1ccc(Cl)c(F)c1. The van der Waals surface area contributed by atoms with E-state index in [1.807, 2.05) is 13.8 Å². The fourth-order valence-corrected chi connectivity index (χ4v) is 5.79. The minimum Gasteiger partial charge on any atom is -0.375 e. The fourth-order valence-electron chi connectivity index (χ4n) is 4.65. The lowest BCUT2D eigenvalue weighted by Crippen LogP contribution is -2.50. The number of carbonyl (C=O) groups is 4. The summed E-state index contributed by atoms with van der Waals surface area (Å²) in [6, 6.07) is 3.59. The lowest BCUT2D eigenvalue weighted by atomic mass is 9.97. The van der Waals surface area contributed by atoms with E-state index >= 15 is 0 Å². The lowest BCUT2D eigenvalue weighted by Gasteiger charge is -2.32. The molecule has 0 saturated carbocycles. The van der Waals surface area contributed by atoms with Crippen molar-refractivity contribution < 1.29 is 28.3 Å². The number of nitrogens with one attached hydrogen (secondary N) is 2. The number of thiazole rings is 1. The molecule has 2 unspecified atom stereocenters. The number of likely N-dealkylation sites (tertiary alicyclic amines) is 1. The Balaban J connectivity index is 0.000000326. The minimum atomic E-state index is -1.14. The van der Waals surface area contributed by atoms with Crippen LogP contribution in [0.4, 0.5) is 10.1 Å². The van der Waals surface area contributed by atoms with Crippen molar-refractivity contribution in [3.05, 3.63) is 44.6 Å². The number of methoxy groups -OCH3 is 1. The molecule has 2 atom stereocenters. The van der Waals surface area contributed by atoms with Gasteiger partial charge in [0.1, 0.15) is 12.4 Å². The standard InChI is InChI=1S/C19H29N3O3S.C8H6ClFN2O2.C2H6/c1-3-13-6-8-15-16(9-7-13)26-19(21-15)18(24)20-14-5-4-10-22(11-14)17(23)12-25-2;9-5-2-1-4(3-6(5)10)12-8(14)7(11)13;1-2/h13-14H,3-12H2,1-2H3,(H,20,24);1-3H,(H2,11,13)(H,12,14);1-2H3. The predicted octanol–water partition coefficient (Wildman–Crippen LogP) is 4.34. The summed E-state index contributed by atoms with van der Waals surface area (Å²) >= 11 is 6.95. The van der Waals surface area contributed by atoms with Crippen molar-refractivity contribution in [3.63, 3.8) is 0 Å². The van der Waals surface area contributed by atoms with Gasteiger partial charge in [-0.05, 0) is 62.6 Å². The molecule has 0 radical (unpaired) electrons. The van der Waals surface area contributed by atoms with Gasteiger partial charge in [-0.3, -0.25) is 19.2 Å². The second-order valence-corrected chi connectivity index (χ2v) is 11.3. The molecule has 42 heavy (non-hydrogen) atoms. The molecule has 1 aromatic carbocycles. The first-order valence-corrected chi connectivity index (χ1v) is 15.4. The molecule has 4 rings (SSSR count). The summed E-state index contributed by atoms with van der Waals surface area (Å²) in [5.74, 6) is -2.16. The van der Waals surface area contributed by atoms with Gasteiger partial charge in [-0.1, -0.05) is 38.8 Å². The Morgan fingerprint density at radius 1 is 1.19 bits per heavy atom. The van der Waals surface area contributed by atoms with Crippen LogP contribution in [0.25, 0.3) is 0 Å². The highest BCUT2D eigenvalue weighted by Crippen LogP contribution is 2.30. The van der Waals surface area contributed by atoms with Crippen molar-refractivity contribution in [1.29, 1.82) is 0 Å². The molecule has 1 aliphatic carbocycles. The van der Waals surface area contributed by atoms with Crippen molar-refractivity contribution in [2.45, 2.75) is 71.8 Å². The number of carbonyl (C=O) groups excluding carboxylic acids is 4. The maximum atomic E-state index is 12.8. The van der Waals surface area contributed by atoms with Gasteiger partial charge < -0.3 is 26.0 Å². The van der Waals surface area contributed by atoms with E-state index in [0.29, 0.717) is 11.6 Å². The van der Waals surface area contributed by atoms with Gasteiger partial charge in [-0.25, -0.2) is 9.37 Å². The molecule has 4 amide bonds. The first-order valence-electron chi connectivity index (χ1n) is 14.2. The highest BCUT2D eigenvalue weighted by molar-refractivity contribution is 7.13. The molecular formula is C29H41ClFN5O5S. The quantitative estimate of drug-likeness (QED) is 0.322. The number of primary amides is 1. The molecule has 13 heteroatoms. The van der Waals surface area contributed by atoms with Crippen LogP contribution in [0.15, 0.2) is 18.2 Å². The van der Waals surface area contributed by atoms with Crippen LogP contribution in [0, 0.1) is 11.7 Å². The van der Waals surface area contributed by atoms with Gasteiger partial charge in [0, 0.05) is 36.8 Å². The summed E-state index contributed by atoms with van der Waals surface area (Å²) in [4.78, 5) is 53.5. The Morgan fingerprint density at radius 2 is 1.90 bits per heavy atom. The van der Waals surface area contributed by atoms with E-state index in [0.717, 1.165) is 49.9 Å². The van der Waals surface area contributed by atoms with Crippen LogP contribution >= 0.6 is 22.9 Å². The Labute approximate surface area is 255 Å². The van der Waals surface area contributed by atoms with Crippen LogP contribution in [0.3, 0.4) is 0 Å². The summed E-state index contributed by atoms with van der Waals surface area (Å²) in [6.07, 6.45) is 7.42. The van der Waals surface area contributed by atoms with E-state index in [4.69, 9.17) is 16.3 Å². The monoisotopic (exact) mass is 625 g/mol. The van der Waals surface area contributed by atoms with Gasteiger partial charge in [-0.2, -0.15) is 0 Å². The molecule has 1 aliphatic heterocycles. The number of hydrogen-bond acceptors (Lipinski definition) is 7. The van der Waals surface area contributed by atoms with Crippen LogP contribution < -0.4 is 16.4 Å². The lowest BCUT2D eigenvalue weighted by molar-refractivity contribution is -0.136. The minimum absolute atomic E-state index is 0.00904. The number of piperidine rings is 1. The number of fused-ring (bicyclic) bond motifs is 1. The zero-order valence-electron chi connectivity index (χ0n) is 24.6. The third kappa shape index (κ3) is 10.6. The number of ether oxygens (including phenoxy) is 1. The number of aromatic nitrogens is 1. The molecule has 2 aromatic rings. The number of nitrogens with two attached hydrogens (primary N) is 1. The van der Waals surface area contributed by atoms with E-state index in [1.165, 1.54) is 43.4 Å². The maximum Gasteiger partial charge on any atom is 0.313 e. The van der Waals surface area contributed by atoms with Crippen LogP contribution in [0.2, 0.25) is 5.02 Å². The fraction of sp³-hybridized carbons (Fsp3) is 0.552. The second-order valence-electron chi connectivity index (χ2n) is 9.77. The molecule has 2 heterocycles. The van der Waals surface area contributed by atoms with Gasteiger partial charge in [0.2, 0.25) is 5.91 Å². The highest BCUT2D eigenvalue weighted by Gasteiger charge is 2.27. The zero-order chi connectivity index (χ0) is 31.2. The first kappa shape index (κ1) is 35.1. The summed E-state index contributed by atoms with van der Waals surface area (Å²) in [7, 11) is 1.52. The van der Waals surface area contributed by atoms with E-state index in [1.54, 1.807) is 16.2 Å². The topological polar surface area (TPSA) is 144 Å². The van der Waals surface area contributed by atoms with E-state index in [-0.39, 0.29) is 35.2 Å². The van der Waals surface area contributed by atoms with Crippen molar-refractivity contribution in [2.24, 2.45) is 11.7 Å². The van der Waals surface area contributed by atoms with Gasteiger partial charge in [0.15, 0.2) is 5.01 Å². The maximum absolute atomic E-state index is 12.8. The highest BCUT2D eigenvalue weighted by atomic mass is 35.5. The molecule has 1 fully saturated rings. The molecule has 10 nitrogen and oxygen atoms in total. The second kappa shape index (κ2) is 17.8. The zero-order valence-corrected chi connectivity index (χ0v) is 26.2. The smallest absolute Gasteiger partial charge is 0.313 e. The molecule has 1 aromatic heterocycles. The van der Waals surface area contributed by atoms with Crippen LogP contribution in [0.5, 0.6) is 0 Å². The molecule has 4 N–H and O–H groups in total. The summed E-state index contributed by atoms with van der Waals surface area (Å²) in [5, 5.41) is 5.69. The largest absolute Gasteiger partial charge is 0.375 e. The molecule has 2 aliphatic rings. The molecular weight excluding hydrogens is 585 g/mol. The number of nitrogens with zero attached hydrogens (tertiary/aromatic N) is 2. The molecule has 0 bridgehead atoms. The molecule has 1 saturated heterocycles. The number of amides is 4. The normalized spacial score (nSPS) is 17.7. The summed E-state index contributed by atoms with van der Waals surface area (Å²) in [6.45, 7) is 7.63. The van der Waals surface area contributed by atoms with E-state index in [9.17, 15) is 23.6 Å². The van der Waals surface area contributed by atoms with E-state index < -0.39 is 17.6 Å². The average Bonchev–Trinajstić information content (AvgIpc) is 3.30. The van der Waals surface area contributed by atoms with Crippen molar-refractivity contribution >= 4 is 52.3 Å². The van der Waals surface area contributed by atoms with Crippen molar-refractivity contribution in [2.75, 3.05) is 32.1 Å². The molecule has 0 spiro atoms. The summed E-state index contributed by atoms with van der Waals surface area (Å²) in [5.41, 5.74) is 5.92. The van der Waals surface area contributed by atoms with Gasteiger partial charge in [0.25, 0.3) is 5.91 Å². The number of aryl methyl sites for hydroxylation is 2. The average molecular weight is 626 g/mol. The molecule has 232 valence electrons. The summed E-state index contributed by atoms with van der Waals surface area (Å²) < 4.78 is 17.8. The van der Waals surface area contributed by atoms with Crippen LogP contribution in [0.1, 0.15) is 73.2 Å². The van der Waals surface area contributed by atoms with Gasteiger partial charge in [-0.15, -0.1) is 11.3 Å². The number of anilines is 1.